The van der Waals surface area contributed by atoms with E-state index in [4.69, 9.17) is 4.74 Å². The van der Waals surface area contributed by atoms with Crippen LogP contribution < -0.4 is 15.0 Å². The summed E-state index contributed by atoms with van der Waals surface area (Å²) in [5.74, 6) is 1.90. The molecule has 37 heavy (non-hydrogen) atoms. The molecule has 0 aromatic heterocycles. The van der Waals surface area contributed by atoms with E-state index in [0.717, 1.165) is 30.7 Å². The summed E-state index contributed by atoms with van der Waals surface area (Å²) in [6.07, 6.45) is 9.41. The van der Waals surface area contributed by atoms with Crippen LogP contribution in [0.25, 0.3) is 6.08 Å². The topological polar surface area (TPSA) is 75.7 Å². The number of amides is 4. The highest BCUT2D eigenvalue weighted by Gasteiger charge is 2.51. The van der Waals surface area contributed by atoms with Crippen molar-refractivity contribution in [3.05, 3.63) is 61.1 Å². The van der Waals surface area contributed by atoms with Crippen LogP contribution in [0.3, 0.4) is 0 Å². The first-order chi connectivity index (χ1) is 17.8. The summed E-state index contributed by atoms with van der Waals surface area (Å²) in [6, 6.07) is 10.8. The molecule has 0 atom stereocenters. The standard InChI is InChI=1S/C29H28BrIN2O4/c1-2-37-25-23(30)11-16(12-24(25)31)10-22-26(34)32-28(36)33(27(22)35)21-5-3-20(4-6-21)29-13-17-7-18(14-29)9-19(8-17)15-29/h3-6,10-12,17-19H,2,7-9,13-15H2,1H3,(H,32,34,36)/b22-10+. The molecule has 4 saturated carbocycles. The van der Waals surface area contributed by atoms with Gasteiger partial charge in [-0.05, 0) is 149 Å². The Kier molecular flexibility index (Phi) is 6.46. The molecule has 6 nitrogen and oxygen atoms in total. The van der Waals surface area contributed by atoms with Crippen molar-refractivity contribution in [2.45, 2.75) is 50.9 Å². The van der Waals surface area contributed by atoms with Crippen molar-refractivity contribution < 1.29 is 19.1 Å². The predicted molar refractivity (Wildman–Crippen MR) is 153 cm³/mol. The van der Waals surface area contributed by atoms with E-state index in [0.29, 0.717) is 23.6 Å². The normalized spacial score (nSPS) is 29.7. The summed E-state index contributed by atoms with van der Waals surface area (Å²) < 4.78 is 7.23. The Morgan fingerprint density at radius 1 is 1.05 bits per heavy atom. The monoisotopic (exact) mass is 674 g/mol. The molecular weight excluding hydrogens is 647 g/mol. The summed E-state index contributed by atoms with van der Waals surface area (Å²) >= 11 is 5.66. The minimum absolute atomic E-state index is 0.0865. The van der Waals surface area contributed by atoms with Gasteiger partial charge < -0.3 is 4.74 Å². The van der Waals surface area contributed by atoms with Crippen molar-refractivity contribution in [3.63, 3.8) is 0 Å². The molecule has 1 heterocycles. The number of nitrogens with one attached hydrogen (secondary N) is 1. The number of hydrogen-bond donors (Lipinski definition) is 1. The molecule has 1 N–H and O–H groups in total. The van der Waals surface area contributed by atoms with Gasteiger partial charge in [-0.2, -0.15) is 0 Å². The fourth-order valence-electron chi connectivity index (χ4n) is 7.43. The number of carbonyl (C=O) groups is 3. The first-order valence-corrected chi connectivity index (χ1v) is 14.8. The molecule has 1 saturated heterocycles. The number of hydrogen-bond acceptors (Lipinski definition) is 4. The lowest BCUT2D eigenvalue weighted by molar-refractivity contribution is -0.122. The molecule has 2 aromatic rings. The number of ether oxygens (including phenoxy) is 1. The Balaban J connectivity index is 1.28. The van der Waals surface area contributed by atoms with Crippen LogP contribution in [0.4, 0.5) is 10.5 Å². The molecule has 7 rings (SSSR count). The summed E-state index contributed by atoms with van der Waals surface area (Å²) in [4.78, 5) is 39.9. The highest BCUT2D eigenvalue weighted by Crippen LogP contribution is 2.60. The third kappa shape index (κ3) is 4.43. The maximum Gasteiger partial charge on any atom is 0.335 e. The van der Waals surface area contributed by atoms with Gasteiger partial charge in [-0.15, -0.1) is 0 Å². The largest absolute Gasteiger partial charge is 0.492 e. The zero-order valence-corrected chi connectivity index (χ0v) is 24.3. The maximum absolute atomic E-state index is 13.4. The Morgan fingerprint density at radius 3 is 2.24 bits per heavy atom. The van der Waals surface area contributed by atoms with Gasteiger partial charge in [0.05, 0.1) is 20.3 Å². The van der Waals surface area contributed by atoms with Crippen LogP contribution >= 0.6 is 38.5 Å². The van der Waals surface area contributed by atoms with E-state index in [-0.39, 0.29) is 11.0 Å². The second kappa shape index (κ2) is 9.52. The van der Waals surface area contributed by atoms with Gasteiger partial charge in [-0.3, -0.25) is 14.9 Å². The molecule has 5 aliphatic rings. The number of anilines is 1. The van der Waals surface area contributed by atoms with Gasteiger partial charge in [0.25, 0.3) is 11.8 Å². The molecule has 2 aromatic carbocycles. The number of rotatable bonds is 5. The number of imide groups is 2. The molecule has 0 radical (unpaired) electrons. The van der Waals surface area contributed by atoms with E-state index in [1.54, 1.807) is 6.07 Å². The van der Waals surface area contributed by atoms with Crippen LogP contribution in [0.2, 0.25) is 0 Å². The van der Waals surface area contributed by atoms with Gasteiger partial charge >= 0.3 is 6.03 Å². The average Bonchev–Trinajstić information content (AvgIpc) is 2.83. The average molecular weight is 675 g/mol. The van der Waals surface area contributed by atoms with Crippen molar-refractivity contribution in [1.82, 2.24) is 5.32 Å². The zero-order chi connectivity index (χ0) is 25.9. The highest BCUT2D eigenvalue weighted by molar-refractivity contribution is 14.1. The van der Waals surface area contributed by atoms with Crippen LogP contribution in [0, 0.1) is 21.3 Å². The second-order valence-electron chi connectivity index (χ2n) is 10.9. The van der Waals surface area contributed by atoms with Crippen LogP contribution in [-0.4, -0.2) is 24.5 Å². The SMILES string of the molecule is CCOc1c(Br)cc(/C=C2\C(=O)NC(=O)N(c3ccc(C45CC6CC(CC(C6)C4)C5)cc3)C2=O)cc1I. The van der Waals surface area contributed by atoms with Gasteiger partial charge in [0, 0.05) is 0 Å². The van der Waals surface area contributed by atoms with Gasteiger partial charge in [-0.25, -0.2) is 9.69 Å². The molecular formula is C29H28BrIN2O4. The quantitative estimate of drug-likeness (QED) is 0.221. The highest BCUT2D eigenvalue weighted by atomic mass is 127. The summed E-state index contributed by atoms with van der Waals surface area (Å²) in [6.45, 7) is 2.43. The molecule has 1 aliphatic heterocycles. The van der Waals surface area contributed by atoms with Crippen molar-refractivity contribution >= 4 is 68.1 Å². The fourth-order valence-corrected chi connectivity index (χ4v) is 9.20. The minimum Gasteiger partial charge on any atom is -0.492 e. The Morgan fingerprint density at radius 2 is 1.68 bits per heavy atom. The Bertz CT molecular complexity index is 1280. The smallest absolute Gasteiger partial charge is 0.335 e. The minimum atomic E-state index is -0.725. The van der Waals surface area contributed by atoms with Crippen molar-refractivity contribution in [2.24, 2.45) is 17.8 Å². The summed E-state index contributed by atoms with van der Waals surface area (Å²) in [7, 11) is 0. The Labute approximate surface area is 238 Å². The molecule has 4 amide bonds. The number of halogens is 2. The molecule has 0 spiro atoms. The van der Waals surface area contributed by atoms with E-state index in [1.165, 1.54) is 50.2 Å². The molecule has 192 valence electrons. The van der Waals surface area contributed by atoms with Crippen molar-refractivity contribution in [1.29, 1.82) is 0 Å². The molecule has 8 heteroatoms. The third-order valence-electron chi connectivity index (χ3n) is 8.50. The second-order valence-corrected chi connectivity index (χ2v) is 13.0. The Hall–Kier alpha value is -2.20. The molecule has 5 fully saturated rings. The number of barbiturate groups is 1. The van der Waals surface area contributed by atoms with Crippen LogP contribution in [-0.2, 0) is 15.0 Å². The molecule has 0 unspecified atom stereocenters. The van der Waals surface area contributed by atoms with E-state index < -0.39 is 17.8 Å². The van der Waals surface area contributed by atoms with E-state index >= 15 is 0 Å². The lowest BCUT2D eigenvalue weighted by Gasteiger charge is -2.57. The predicted octanol–water partition coefficient (Wildman–Crippen LogP) is 6.59. The third-order valence-corrected chi connectivity index (χ3v) is 9.89. The van der Waals surface area contributed by atoms with Crippen LogP contribution in [0.5, 0.6) is 5.75 Å². The number of benzene rings is 2. The zero-order valence-electron chi connectivity index (χ0n) is 20.6. The van der Waals surface area contributed by atoms with E-state index in [2.05, 4.69) is 56.0 Å². The first-order valence-electron chi connectivity index (χ1n) is 12.9. The van der Waals surface area contributed by atoms with Gasteiger partial charge in [0.2, 0.25) is 0 Å². The van der Waals surface area contributed by atoms with Crippen LogP contribution in [0.1, 0.15) is 56.6 Å². The molecule has 4 bridgehead atoms. The van der Waals surface area contributed by atoms with E-state index in [9.17, 15) is 14.4 Å². The van der Waals surface area contributed by atoms with Crippen molar-refractivity contribution in [3.8, 4) is 5.75 Å². The first kappa shape index (κ1) is 25.1. The number of carbonyl (C=O) groups excluding carboxylic acids is 3. The maximum atomic E-state index is 13.4. The lowest BCUT2D eigenvalue weighted by Crippen LogP contribution is -2.54. The van der Waals surface area contributed by atoms with Gasteiger partial charge in [-0.1, -0.05) is 12.1 Å². The van der Waals surface area contributed by atoms with Gasteiger partial charge in [0.1, 0.15) is 11.3 Å². The van der Waals surface area contributed by atoms with E-state index in [1.807, 2.05) is 25.1 Å². The number of urea groups is 1. The lowest BCUT2D eigenvalue weighted by atomic mass is 9.48. The van der Waals surface area contributed by atoms with Crippen molar-refractivity contribution in [2.75, 3.05) is 11.5 Å². The number of nitrogens with zero attached hydrogens (tertiary/aromatic N) is 1. The summed E-state index contributed by atoms with van der Waals surface area (Å²) in [5, 5.41) is 2.33. The molecule has 4 aliphatic carbocycles. The van der Waals surface area contributed by atoms with Crippen LogP contribution in [0.15, 0.2) is 46.4 Å². The fraction of sp³-hybridized carbons (Fsp3) is 0.414. The van der Waals surface area contributed by atoms with Gasteiger partial charge in [0.15, 0.2) is 0 Å². The summed E-state index contributed by atoms with van der Waals surface area (Å²) in [5.41, 5.74) is 2.60.